The molecule has 10 nitrogen and oxygen atoms in total. The lowest BCUT2D eigenvalue weighted by atomic mass is 10.2. The Bertz CT molecular complexity index is 1790. The summed E-state index contributed by atoms with van der Waals surface area (Å²) in [4.78, 5) is 24.7. The highest BCUT2D eigenvalue weighted by atomic mass is 19.1. The first-order chi connectivity index (χ1) is 21.8. The maximum absolute atomic E-state index is 13.0. The lowest BCUT2D eigenvalue weighted by molar-refractivity contribution is -0.118. The van der Waals surface area contributed by atoms with Crippen molar-refractivity contribution >= 4 is 23.7 Å². The number of hydrogen-bond donors (Lipinski definition) is 2. The molecule has 3 aromatic carbocycles. The van der Waals surface area contributed by atoms with Gasteiger partial charge in [0.05, 0.1) is 13.3 Å². The SMILES string of the molecule is COc1cc(/C=N/NC(=O)c2ccc(COc3ccc(-n4c(C)ccc4C)cc3)o2)ccc1OCC(=O)Nc1ccc(F)cc1. The van der Waals surface area contributed by atoms with E-state index in [0.29, 0.717) is 34.3 Å². The van der Waals surface area contributed by atoms with E-state index in [1.807, 2.05) is 24.3 Å². The van der Waals surface area contributed by atoms with Crippen molar-refractivity contribution in [2.75, 3.05) is 19.0 Å². The number of furan rings is 1. The summed E-state index contributed by atoms with van der Waals surface area (Å²) in [7, 11) is 1.46. The Morgan fingerprint density at radius 3 is 2.33 bits per heavy atom. The summed E-state index contributed by atoms with van der Waals surface area (Å²) in [5.74, 6) is 0.589. The van der Waals surface area contributed by atoms with E-state index in [0.717, 1.165) is 17.1 Å². The third kappa shape index (κ3) is 7.96. The maximum atomic E-state index is 13.0. The first-order valence-corrected chi connectivity index (χ1v) is 14.0. The van der Waals surface area contributed by atoms with Crippen LogP contribution in [0.25, 0.3) is 5.69 Å². The van der Waals surface area contributed by atoms with Gasteiger partial charge in [0.15, 0.2) is 23.9 Å². The summed E-state index contributed by atoms with van der Waals surface area (Å²) in [6.07, 6.45) is 1.43. The minimum Gasteiger partial charge on any atom is -0.493 e. The Balaban J connectivity index is 1.09. The van der Waals surface area contributed by atoms with Crippen LogP contribution in [0.1, 0.15) is 33.3 Å². The van der Waals surface area contributed by atoms with Crippen molar-refractivity contribution in [1.82, 2.24) is 9.99 Å². The number of rotatable bonds is 12. The fourth-order valence-electron chi connectivity index (χ4n) is 4.48. The second-order valence-electron chi connectivity index (χ2n) is 9.95. The van der Waals surface area contributed by atoms with Crippen LogP contribution in [0.3, 0.4) is 0 Å². The third-order valence-electron chi connectivity index (χ3n) is 6.69. The number of methoxy groups -OCH3 is 1. The van der Waals surface area contributed by atoms with E-state index >= 15 is 0 Å². The van der Waals surface area contributed by atoms with Gasteiger partial charge in [0, 0.05) is 22.8 Å². The molecule has 2 amide bonds. The molecule has 2 aromatic heterocycles. The molecular formula is C34H31FN4O6. The molecule has 11 heteroatoms. The Morgan fingerprint density at radius 2 is 1.62 bits per heavy atom. The maximum Gasteiger partial charge on any atom is 0.307 e. The minimum atomic E-state index is -0.529. The normalized spacial score (nSPS) is 10.9. The summed E-state index contributed by atoms with van der Waals surface area (Å²) in [5.41, 5.74) is 6.83. The molecule has 0 radical (unpaired) electrons. The van der Waals surface area contributed by atoms with Crippen molar-refractivity contribution in [2.45, 2.75) is 20.5 Å². The van der Waals surface area contributed by atoms with Crippen molar-refractivity contribution in [3.05, 3.63) is 125 Å². The van der Waals surface area contributed by atoms with Gasteiger partial charge in [0.1, 0.15) is 23.9 Å². The van der Waals surface area contributed by atoms with Gasteiger partial charge in [-0.3, -0.25) is 9.59 Å². The largest absolute Gasteiger partial charge is 0.493 e. The van der Waals surface area contributed by atoms with Crippen LogP contribution in [0, 0.1) is 19.7 Å². The zero-order valence-corrected chi connectivity index (χ0v) is 24.9. The summed E-state index contributed by atoms with van der Waals surface area (Å²) < 4.78 is 37.6. The molecule has 0 aliphatic carbocycles. The molecule has 0 fully saturated rings. The zero-order valence-electron chi connectivity index (χ0n) is 24.9. The lowest BCUT2D eigenvalue weighted by Gasteiger charge is -2.11. The van der Waals surface area contributed by atoms with E-state index in [2.05, 4.69) is 46.4 Å². The molecule has 0 spiro atoms. The highest BCUT2D eigenvalue weighted by Gasteiger charge is 2.12. The van der Waals surface area contributed by atoms with Crippen molar-refractivity contribution in [2.24, 2.45) is 5.10 Å². The van der Waals surface area contributed by atoms with Crippen molar-refractivity contribution in [3.8, 4) is 22.9 Å². The number of nitrogens with zero attached hydrogens (tertiary/aromatic N) is 2. The summed E-state index contributed by atoms with van der Waals surface area (Å²) in [6, 6.07) is 25.5. The van der Waals surface area contributed by atoms with Crippen LogP contribution in [0.2, 0.25) is 0 Å². The number of carbonyl (C=O) groups excluding carboxylic acids is 2. The molecule has 45 heavy (non-hydrogen) atoms. The fraction of sp³-hybridized carbons (Fsp3) is 0.147. The number of carbonyl (C=O) groups is 2. The average Bonchev–Trinajstić information content (AvgIpc) is 3.66. The van der Waals surface area contributed by atoms with Gasteiger partial charge in [-0.05, 0) is 110 Å². The van der Waals surface area contributed by atoms with Crippen molar-refractivity contribution in [1.29, 1.82) is 0 Å². The van der Waals surface area contributed by atoms with Crippen LogP contribution in [-0.2, 0) is 11.4 Å². The molecule has 0 atom stereocenters. The van der Waals surface area contributed by atoms with Gasteiger partial charge in [0.2, 0.25) is 0 Å². The number of benzene rings is 3. The first-order valence-electron chi connectivity index (χ1n) is 14.0. The van der Waals surface area contributed by atoms with Crippen LogP contribution in [-0.4, -0.2) is 36.3 Å². The van der Waals surface area contributed by atoms with Gasteiger partial charge in [-0.25, -0.2) is 9.82 Å². The second-order valence-corrected chi connectivity index (χ2v) is 9.95. The minimum absolute atomic E-state index is 0.0832. The Morgan fingerprint density at radius 1 is 0.889 bits per heavy atom. The molecular weight excluding hydrogens is 579 g/mol. The van der Waals surface area contributed by atoms with E-state index < -0.39 is 17.6 Å². The van der Waals surface area contributed by atoms with Gasteiger partial charge in [-0.15, -0.1) is 0 Å². The van der Waals surface area contributed by atoms with Gasteiger partial charge in [-0.1, -0.05) is 0 Å². The molecule has 5 aromatic rings. The van der Waals surface area contributed by atoms with Crippen LogP contribution in [0.15, 0.2) is 101 Å². The highest BCUT2D eigenvalue weighted by Crippen LogP contribution is 2.27. The number of anilines is 1. The summed E-state index contributed by atoms with van der Waals surface area (Å²) in [6.45, 7) is 3.99. The molecule has 0 saturated carbocycles. The molecule has 2 N–H and O–H groups in total. The molecule has 5 rings (SSSR count). The number of amides is 2. The first kappa shape index (κ1) is 30.6. The topological polar surface area (TPSA) is 116 Å². The number of halogens is 1. The van der Waals surface area contributed by atoms with Crippen LogP contribution < -0.4 is 25.0 Å². The number of ether oxygens (including phenoxy) is 3. The molecule has 0 aliphatic rings. The number of hydrogen-bond acceptors (Lipinski definition) is 7. The van der Waals surface area contributed by atoms with E-state index in [-0.39, 0.29) is 19.0 Å². The average molecular weight is 611 g/mol. The molecule has 0 saturated heterocycles. The standard InChI is InChI=1S/C34H31FN4O6/c1-22-4-5-23(2)39(22)27-11-13-28(14-12-27)43-20-29-15-17-31(45-29)34(41)38-36-19-24-6-16-30(32(18-24)42-3)44-21-33(40)37-26-9-7-25(35)8-10-26/h4-19H,20-21H2,1-3H3,(H,37,40)(H,38,41)/b36-19+. The van der Waals surface area contributed by atoms with Crippen LogP contribution in [0.5, 0.6) is 17.2 Å². The molecule has 230 valence electrons. The quantitative estimate of drug-likeness (QED) is 0.128. The van der Waals surface area contributed by atoms with E-state index in [9.17, 15) is 14.0 Å². The van der Waals surface area contributed by atoms with Crippen molar-refractivity contribution < 1.29 is 32.6 Å². The Labute approximate surface area is 259 Å². The number of hydrazone groups is 1. The van der Waals surface area contributed by atoms with Crippen LogP contribution in [0.4, 0.5) is 10.1 Å². The number of nitrogens with one attached hydrogen (secondary N) is 2. The van der Waals surface area contributed by atoms with Crippen LogP contribution >= 0.6 is 0 Å². The third-order valence-corrected chi connectivity index (χ3v) is 6.69. The van der Waals surface area contributed by atoms with Gasteiger partial charge in [0.25, 0.3) is 5.91 Å². The zero-order chi connectivity index (χ0) is 31.8. The number of aromatic nitrogens is 1. The van der Waals surface area contributed by atoms with Gasteiger partial charge < -0.3 is 28.5 Å². The highest BCUT2D eigenvalue weighted by molar-refractivity contribution is 5.93. The Kier molecular flexibility index (Phi) is 9.58. The second kappa shape index (κ2) is 14.1. The Hall–Kier alpha value is -5.84. The summed E-state index contributed by atoms with van der Waals surface area (Å²) in [5, 5.41) is 6.61. The van der Waals surface area contributed by atoms with E-state index in [1.165, 1.54) is 37.6 Å². The number of aryl methyl sites for hydroxylation is 2. The van der Waals surface area contributed by atoms with E-state index in [4.69, 9.17) is 18.6 Å². The predicted octanol–water partition coefficient (Wildman–Crippen LogP) is 6.20. The monoisotopic (exact) mass is 610 g/mol. The van der Waals surface area contributed by atoms with Crippen molar-refractivity contribution in [3.63, 3.8) is 0 Å². The molecule has 0 bridgehead atoms. The lowest BCUT2D eigenvalue weighted by Crippen LogP contribution is -2.20. The smallest absolute Gasteiger partial charge is 0.307 e. The summed E-state index contributed by atoms with van der Waals surface area (Å²) >= 11 is 0. The molecule has 2 heterocycles. The van der Waals surface area contributed by atoms with Gasteiger partial charge in [-0.2, -0.15) is 5.10 Å². The molecule has 0 aliphatic heterocycles. The van der Waals surface area contributed by atoms with Gasteiger partial charge >= 0.3 is 5.91 Å². The fourth-order valence-corrected chi connectivity index (χ4v) is 4.48. The van der Waals surface area contributed by atoms with E-state index in [1.54, 1.807) is 30.3 Å². The molecule has 0 unspecified atom stereocenters. The predicted molar refractivity (Wildman–Crippen MR) is 167 cm³/mol.